The van der Waals surface area contributed by atoms with Crippen LogP contribution in [0.2, 0.25) is 0 Å². The van der Waals surface area contributed by atoms with Gasteiger partial charge in [0, 0.05) is 13.2 Å². The zero-order valence-corrected chi connectivity index (χ0v) is 17.5. The number of aromatic hydroxyl groups is 1. The monoisotopic (exact) mass is 423 g/mol. The lowest BCUT2D eigenvalue weighted by molar-refractivity contribution is -0.140. The summed E-state index contributed by atoms with van der Waals surface area (Å²) in [5, 5.41) is 20.9. The first kappa shape index (κ1) is 20.9. The molecule has 31 heavy (non-hydrogen) atoms. The molecule has 0 aromatic heterocycles. The van der Waals surface area contributed by atoms with E-state index in [0.29, 0.717) is 23.5 Å². The molecule has 2 aromatic rings. The first-order valence-electron chi connectivity index (χ1n) is 10.2. The Morgan fingerprint density at radius 3 is 2.58 bits per heavy atom. The maximum absolute atomic E-state index is 13.1. The Morgan fingerprint density at radius 2 is 1.94 bits per heavy atom. The van der Waals surface area contributed by atoms with E-state index in [0.717, 1.165) is 18.4 Å². The van der Waals surface area contributed by atoms with Crippen LogP contribution >= 0.6 is 0 Å². The summed E-state index contributed by atoms with van der Waals surface area (Å²) in [6.45, 7) is 2.74. The molecule has 2 atom stereocenters. The average molecular weight is 423 g/mol. The number of carbonyl (C=O) groups is 2. The molecule has 2 heterocycles. The Kier molecular flexibility index (Phi) is 5.69. The van der Waals surface area contributed by atoms with Crippen LogP contribution in [0.15, 0.2) is 48.0 Å². The van der Waals surface area contributed by atoms with Gasteiger partial charge in [0.15, 0.2) is 0 Å². The van der Waals surface area contributed by atoms with E-state index in [4.69, 9.17) is 9.47 Å². The van der Waals surface area contributed by atoms with Gasteiger partial charge >= 0.3 is 0 Å². The first-order chi connectivity index (χ1) is 14.9. The fourth-order valence-corrected chi connectivity index (χ4v) is 4.23. The van der Waals surface area contributed by atoms with Gasteiger partial charge in [0.2, 0.25) is 0 Å². The Labute approximate surface area is 180 Å². The lowest BCUT2D eigenvalue weighted by atomic mass is 9.94. The Balaban J connectivity index is 1.87. The summed E-state index contributed by atoms with van der Waals surface area (Å²) >= 11 is 0. The lowest BCUT2D eigenvalue weighted by Gasteiger charge is -2.27. The van der Waals surface area contributed by atoms with Crippen molar-refractivity contribution in [3.63, 3.8) is 0 Å². The number of Topliss-reactive ketones (excluding diaryl/α,β-unsaturated/α-hetero) is 1. The molecule has 2 saturated heterocycles. The highest BCUT2D eigenvalue weighted by Crippen LogP contribution is 2.41. The number of benzene rings is 2. The van der Waals surface area contributed by atoms with Crippen molar-refractivity contribution >= 4 is 17.4 Å². The van der Waals surface area contributed by atoms with E-state index in [1.807, 2.05) is 13.0 Å². The first-order valence-corrected chi connectivity index (χ1v) is 10.2. The number of methoxy groups -OCH3 is 1. The summed E-state index contributed by atoms with van der Waals surface area (Å²) in [6.07, 6.45) is 1.54. The van der Waals surface area contributed by atoms with Gasteiger partial charge in [0.1, 0.15) is 17.3 Å². The van der Waals surface area contributed by atoms with E-state index < -0.39 is 17.7 Å². The van der Waals surface area contributed by atoms with Crippen molar-refractivity contribution in [1.82, 2.24) is 4.90 Å². The predicted molar refractivity (Wildman–Crippen MR) is 114 cm³/mol. The van der Waals surface area contributed by atoms with Crippen LogP contribution in [0, 0.1) is 6.92 Å². The molecule has 7 nitrogen and oxygen atoms in total. The largest absolute Gasteiger partial charge is 0.508 e. The van der Waals surface area contributed by atoms with E-state index in [2.05, 4.69) is 0 Å². The molecule has 162 valence electrons. The quantitative estimate of drug-likeness (QED) is 0.435. The zero-order valence-electron chi connectivity index (χ0n) is 17.5. The number of phenols is 1. The third-order valence-corrected chi connectivity index (χ3v) is 5.78. The third kappa shape index (κ3) is 3.88. The Morgan fingerprint density at radius 1 is 1.19 bits per heavy atom. The zero-order chi connectivity index (χ0) is 22.1. The molecule has 0 saturated carbocycles. The molecule has 2 unspecified atom stereocenters. The summed E-state index contributed by atoms with van der Waals surface area (Å²) in [4.78, 5) is 27.6. The smallest absolute Gasteiger partial charge is 0.295 e. The second-order valence-corrected chi connectivity index (χ2v) is 7.88. The van der Waals surface area contributed by atoms with Gasteiger partial charge in [-0.2, -0.15) is 0 Å². The molecule has 2 N–H and O–H groups in total. The van der Waals surface area contributed by atoms with Crippen molar-refractivity contribution < 1.29 is 29.3 Å². The number of ether oxygens (including phenoxy) is 2. The predicted octanol–water partition coefficient (Wildman–Crippen LogP) is 3.31. The van der Waals surface area contributed by atoms with Crippen LogP contribution in [-0.4, -0.2) is 53.2 Å². The molecule has 0 bridgehead atoms. The van der Waals surface area contributed by atoms with Gasteiger partial charge in [0.25, 0.3) is 11.7 Å². The molecule has 2 fully saturated rings. The average Bonchev–Trinajstić information content (AvgIpc) is 3.36. The highest BCUT2D eigenvalue weighted by atomic mass is 16.5. The SMILES string of the molecule is COc1ccc(C)cc1/C(O)=C1\C(=O)C(=O)N(CC2CCCO2)C1c1ccc(O)cc1. The van der Waals surface area contributed by atoms with E-state index in [9.17, 15) is 19.8 Å². The Bertz CT molecular complexity index is 1040. The minimum Gasteiger partial charge on any atom is -0.508 e. The van der Waals surface area contributed by atoms with Crippen molar-refractivity contribution in [3.05, 3.63) is 64.7 Å². The second kappa shape index (κ2) is 8.43. The maximum atomic E-state index is 13.1. The molecular formula is C24H25NO6. The summed E-state index contributed by atoms with van der Waals surface area (Å²) in [6, 6.07) is 10.8. The molecule has 1 amide bonds. The molecule has 0 radical (unpaired) electrons. The number of hydrogen-bond acceptors (Lipinski definition) is 6. The second-order valence-electron chi connectivity index (χ2n) is 7.88. The number of aliphatic hydroxyl groups excluding tert-OH is 1. The number of nitrogens with zero attached hydrogens (tertiary/aromatic N) is 1. The molecule has 2 aliphatic heterocycles. The van der Waals surface area contributed by atoms with Crippen molar-refractivity contribution in [3.8, 4) is 11.5 Å². The number of phenolic OH excluding ortho intramolecular Hbond substituents is 1. The van der Waals surface area contributed by atoms with Gasteiger partial charge < -0.3 is 24.6 Å². The molecule has 2 aromatic carbocycles. The number of aliphatic hydroxyl groups is 1. The van der Waals surface area contributed by atoms with Crippen LogP contribution in [0.25, 0.3) is 5.76 Å². The van der Waals surface area contributed by atoms with Crippen LogP contribution in [-0.2, 0) is 14.3 Å². The topological polar surface area (TPSA) is 96.3 Å². The van der Waals surface area contributed by atoms with Gasteiger partial charge in [-0.25, -0.2) is 0 Å². The third-order valence-electron chi connectivity index (χ3n) is 5.78. The number of hydrogen-bond donors (Lipinski definition) is 2. The normalized spacial score (nSPS) is 22.8. The maximum Gasteiger partial charge on any atom is 0.295 e. The molecule has 7 heteroatoms. The molecule has 2 aliphatic rings. The number of amides is 1. The minimum atomic E-state index is -0.796. The minimum absolute atomic E-state index is 0.00223. The van der Waals surface area contributed by atoms with Crippen molar-refractivity contribution in [2.45, 2.75) is 31.9 Å². The van der Waals surface area contributed by atoms with E-state index in [1.165, 1.54) is 24.1 Å². The summed E-state index contributed by atoms with van der Waals surface area (Å²) < 4.78 is 11.1. The van der Waals surface area contributed by atoms with Gasteiger partial charge in [-0.15, -0.1) is 0 Å². The van der Waals surface area contributed by atoms with E-state index in [1.54, 1.807) is 24.3 Å². The van der Waals surface area contributed by atoms with Crippen LogP contribution in [0.3, 0.4) is 0 Å². The number of aryl methyl sites for hydroxylation is 1. The lowest BCUT2D eigenvalue weighted by Crippen LogP contribution is -2.36. The van der Waals surface area contributed by atoms with Gasteiger partial charge in [-0.05, 0) is 49.6 Å². The fourth-order valence-electron chi connectivity index (χ4n) is 4.23. The summed E-state index contributed by atoms with van der Waals surface area (Å²) in [5.41, 5.74) is 1.83. The van der Waals surface area contributed by atoms with E-state index >= 15 is 0 Å². The summed E-state index contributed by atoms with van der Waals surface area (Å²) in [7, 11) is 1.48. The molecule has 0 aliphatic carbocycles. The van der Waals surface area contributed by atoms with Crippen LogP contribution < -0.4 is 4.74 Å². The van der Waals surface area contributed by atoms with Crippen molar-refractivity contribution in [2.75, 3.05) is 20.3 Å². The van der Waals surface area contributed by atoms with Crippen LogP contribution in [0.5, 0.6) is 11.5 Å². The number of likely N-dealkylation sites (tertiary alicyclic amines) is 1. The number of carbonyl (C=O) groups excluding carboxylic acids is 2. The molecule has 4 rings (SSSR count). The van der Waals surface area contributed by atoms with Crippen LogP contribution in [0.1, 0.15) is 35.6 Å². The van der Waals surface area contributed by atoms with Crippen LogP contribution in [0.4, 0.5) is 0 Å². The van der Waals surface area contributed by atoms with Gasteiger partial charge in [-0.1, -0.05) is 23.8 Å². The highest BCUT2D eigenvalue weighted by Gasteiger charge is 2.47. The van der Waals surface area contributed by atoms with Crippen molar-refractivity contribution in [1.29, 1.82) is 0 Å². The van der Waals surface area contributed by atoms with Gasteiger partial charge in [-0.3, -0.25) is 9.59 Å². The van der Waals surface area contributed by atoms with Crippen molar-refractivity contribution in [2.24, 2.45) is 0 Å². The molecular weight excluding hydrogens is 398 g/mol. The number of ketones is 1. The Hall–Kier alpha value is -3.32. The van der Waals surface area contributed by atoms with E-state index in [-0.39, 0.29) is 29.7 Å². The standard InChI is InChI=1S/C24H25NO6/c1-14-5-10-19(30-2)18(12-14)22(27)20-21(15-6-8-16(26)9-7-15)25(24(29)23(20)28)13-17-4-3-11-31-17/h5-10,12,17,21,26-27H,3-4,11,13H2,1-2H3/b22-20+. The highest BCUT2D eigenvalue weighted by molar-refractivity contribution is 6.46. The van der Waals surface area contributed by atoms with Gasteiger partial charge in [0.05, 0.1) is 30.4 Å². The molecule has 0 spiro atoms. The fraction of sp³-hybridized carbons (Fsp3) is 0.333. The number of rotatable bonds is 5. The summed E-state index contributed by atoms with van der Waals surface area (Å²) in [5.74, 6) is -1.25.